The van der Waals surface area contributed by atoms with Crippen LogP contribution < -0.4 is 4.72 Å². The van der Waals surface area contributed by atoms with Gasteiger partial charge in [-0.1, -0.05) is 29.8 Å². The molecule has 0 aliphatic heterocycles. The van der Waals surface area contributed by atoms with E-state index in [2.05, 4.69) is 4.72 Å². The molecule has 110 valence electrons. The standard InChI is InChI=1S/C14H18ClNO3S/c1-11-12(15)6-5-7-13(11)20(18,19)16-10-14(17)8-3-2-4-9-14/h3,5-8,16-17H,2,4,9-10H2,1H3. The van der Waals surface area contributed by atoms with E-state index in [1.807, 2.05) is 6.08 Å². The van der Waals surface area contributed by atoms with Crippen LogP contribution in [0.25, 0.3) is 0 Å². The molecule has 0 aromatic heterocycles. The maximum atomic E-state index is 12.3. The van der Waals surface area contributed by atoms with Gasteiger partial charge in [-0.05, 0) is 43.9 Å². The molecule has 4 nitrogen and oxygen atoms in total. The molecule has 0 amide bonds. The highest BCUT2D eigenvalue weighted by molar-refractivity contribution is 7.89. The number of sulfonamides is 1. The Hall–Kier alpha value is -0.880. The minimum Gasteiger partial charge on any atom is -0.384 e. The molecule has 1 unspecified atom stereocenters. The average Bonchev–Trinajstić information content (AvgIpc) is 2.41. The van der Waals surface area contributed by atoms with Gasteiger partial charge in [-0.25, -0.2) is 13.1 Å². The van der Waals surface area contributed by atoms with E-state index in [0.29, 0.717) is 17.0 Å². The maximum Gasteiger partial charge on any atom is 0.240 e. The summed E-state index contributed by atoms with van der Waals surface area (Å²) < 4.78 is 27.0. The van der Waals surface area contributed by atoms with Crippen molar-refractivity contribution in [2.75, 3.05) is 6.54 Å². The fraction of sp³-hybridized carbons (Fsp3) is 0.429. The van der Waals surface area contributed by atoms with Crippen LogP contribution in [0.15, 0.2) is 35.2 Å². The van der Waals surface area contributed by atoms with Gasteiger partial charge < -0.3 is 5.11 Å². The van der Waals surface area contributed by atoms with Gasteiger partial charge in [0.2, 0.25) is 10.0 Å². The Kier molecular flexibility index (Phi) is 4.54. The highest BCUT2D eigenvalue weighted by Crippen LogP contribution is 2.24. The van der Waals surface area contributed by atoms with Crippen LogP contribution in [0.1, 0.15) is 24.8 Å². The monoisotopic (exact) mass is 315 g/mol. The van der Waals surface area contributed by atoms with Gasteiger partial charge in [0.15, 0.2) is 0 Å². The van der Waals surface area contributed by atoms with Crippen molar-refractivity contribution in [3.8, 4) is 0 Å². The molecule has 1 atom stereocenters. The fourth-order valence-electron chi connectivity index (χ4n) is 2.24. The van der Waals surface area contributed by atoms with Gasteiger partial charge in [0.05, 0.1) is 10.5 Å². The molecule has 2 rings (SSSR count). The van der Waals surface area contributed by atoms with E-state index < -0.39 is 15.6 Å². The van der Waals surface area contributed by atoms with Crippen molar-refractivity contribution in [1.82, 2.24) is 4.72 Å². The average molecular weight is 316 g/mol. The zero-order chi connectivity index (χ0) is 14.8. The van der Waals surface area contributed by atoms with Crippen molar-refractivity contribution >= 4 is 21.6 Å². The predicted octanol–water partition coefficient (Wildman–Crippen LogP) is 2.40. The third kappa shape index (κ3) is 3.41. The normalized spacial score (nSPS) is 22.9. The van der Waals surface area contributed by atoms with Gasteiger partial charge in [0.1, 0.15) is 0 Å². The second-order valence-electron chi connectivity index (χ2n) is 5.09. The Morgan fingerprint density at radius 3 is 2.85 bits per heavy atom. The van der Waals surface area contributed by atoms with E-state index in [1.54, 1.807) is 25.1 Å². The first-order valence-electron chi connectivity index (χ1n) is 6.49. The number of rotatable bonds is 4. The summed E-state index contributed by atoms with van der Waals surface area (Å²) in [7, 11) is -3.68. The van der Waals surface area contributed by atoms with Crippen LogP contribution in [0, 0.1) is 6.92 Å². The van der Waals surface area contributed by atoms with E-state index in [1.165, 1.54) is 6.07 Å². The number of aliphatic hydroxyl groups is 1. The molecule has 6 heteroatoms. The van der Waals surface area contributed by atoms with Crippen molar-refractivity contribution in [3.63, 3.8) is 0 Å². The van der Waals surface area contributed by atoms with E-state index in [0.717, 1.165) is 12.8 Å². The zero-order valence-electron chi connectivity index (χ0n) is 11.3. The number of nitrogens with one attached hydrogen (secondary N) is 1. The summed E-state index contributed by atoms with van der Waals surface area (Å²) in [5, 5.41) is 10.7. The largest absolute Gasteiger partial charge is 0.384 e. The molecular formula is C14H18ClNO3S. The Labute approximate surface area is 124 Å². The first-order chi connectivity index (χ1) is 9.34. The molecule has 1 aromatic carbocycles. The molecule has 2 N–H and O–H groups in total. The third-order valence-corrected chi connectivity index (χ3v) is 5.44. The molecule has 0 fully saturated rings. The van der Waals surface area contributed by atoms with Crippen LogP contribution in [0.5, 0.6) is 0 Å². The molecule has 0 heterocycles. The second kappa shape index (κ2) is 5.85. The van der Waals surface area contributed by atoms with Gasteiger partial charge in [-0.3, -0.25) is 0 Å². The number of halogens is 1. The number of allylic oxidation sites excluding steroid dienone is 1. The van der Waals surface area contributed by atoms with E-state index in [4.69, 9.17) is 11.6 Å². The van der Waals surface area contributed by atoms with Crippen molar-refractivity contribution in [2.45, 2.75) is 36.7 Å². The Morgan fingerprint density at radius 1 is 1.45 bits per heavy atom. The summed E-state index contributed by atoms with van der Waals surface area (Å²) >= 11 is 5.94. The number of hydrogen-bond donors (Lipinski definition) is 2. The van der Waals surface area contributed by atoms with E-state index in [9.17, 15) is 13.5 Å². The van der Waals surface area contributed by atoms with Crippen LogP contribution in [0.2, 0.25) is 5.02 Å². The Morgan fingerprint density at radius 2 is 2.20 bits per heavy atom. The molecule has 20 heavy (non-hydrogen) atoms. The minimum atomic E-state index is -3.68. The van der Waals surface area contributed by atoms with Gasteiger partial charge in [-0.2, -0.15) is 0 Å². The van der Waals surface area contributed by atoms with Gasteiger partial charge in [-0.15, -0.1) is 0 Å². The summed E-state index contributed by atoms with van der Waals surface area (Å²) in [5.41, 5.74) is -0.592. The van der Waals surface area contributed by atoms with Crippen molar-refractivity contribution in [3.05, 3.63) is 40.9 Å². The second-order valence-corrected chi connectivity index (χ2v) is 7.23. The molecule has 0 radical (unpaired) electrons. The van der Waals surface area contributed by atoms with Crippen molar-refractivity contribution in [1.29, 1.82) is 0 Å². The zero-order valence-corrected chi connectivity index (χ0v) is 12.8. The summed E-state index contributed by atoms with van der Waals surface area (Å²) in [5.74, 6) is 0. The lowest BCUT2D eigenvalue weighted by atomic mass is 9.91. The molecular weight excluding hydrogens is 298 g/mol. The molecule has 1 aliphatic carbocycles. The summed E-state index contributed by atoms with van der Waals surface area (Å²) in [6.07, 6.45) is 5.88. The van der Waals surface area contributed by atoms with Crippen LogP contribution in [-0.4, -0.2) is 25.7 Å². The Bertz CT molecular complexity index is 627. The van der Waals surface area contributed by atoms with E-state index >= 15 is 0 Å². The lowest BCUT2D eigenvalue weighted by Crippen LogP contribution is -2.42. The topological polar surface area (TPSA) is 66.4 Å². The highest BCUT2D eigenvalue weighted by Gasteiger charge is 2.28. The fourth-order valence-corrected chi connectivity index (χ4v) is 3.83. The molecule has 0 saturated carbocycles. The van der Waals surface area contributed by atoms with Gasteiger partial charge >= 0.3 is 0 Å². The smallest absolute Gasteiger partial charge is 0.240 e. The van der Waals surface area contributed by atoms with Gasteiger partial charge in [0, 0.05) is 11.6 Å². The number of benzene rings is 1. The first kappa shape index (κ1) is 15.5. The van der Waals surface area contributed by atoms with E-state index in [-0.39, 0.29) is 11.4 Å². The summed E-state index contributed by atoms with van der Waals surface area (Å²) in [4.78, 5) is 0.147. The molecule has 0 spiro atoms. The first-order valence-corrected chi connectivity index (χ1v) is 8.35. The lowest BCUT2D eigenvalue weighted by molar-refractivity contribution is 0.0797. The highest BCUT2D eigenvalue weighted by atomic mass is 35.5. The minimum absolute atomic E-state index is 0.0300. The summed E-state index contributed by atoms with van der Waals surface area (Å²) in [6.45, 7) is 1.63. The Balaban J connectivity index is 2.18. The summed E-state index contributed by atoms with van der Waals surface area (Å²) in [6, 6.07) is 4.75. The molecule has 1 aliphatic rings. The van der Waals surface area contributed by atoms with Crippen molar-refractivity contribution in [2.24, 2.45) is 0 Å². The molecule has 0 bridgehead atoms. The van der Waals surface area contributed by atoms with Crippen LogP contribution in [0.3, 0.4) is 0 Å². The van der Waals surface area contributed by atoms with Crippen LogP contribution in [0.4, 0.5) is 0 Å². The molecule has 0 saturated heterocycles. The predicted molar refractivity (Wildman–Crippen MR) is 79.3 cm³/mol. The SMILES string of the molecule is Cc1c(Cl)cccc1S(=O)(=O)NCC1(O)C=CCCC1. The third-order valence-electron chi connectivity index (χ3n) is 3.48. The van der Waals surface area contributed by atoms with Crippen LogP contribution in [-0.2, 0) is 10.0 Å². The maximum absolute atomic E-state index is 12.3. The van der Waals surface area contributed by atoms with Crippen LogP contribution >= 0.6 is 11.6 Å². The van der Waals surface area contributed by atoms with Crippen molar-refractivity contribution < 1.29 is 13.5 Å². The molecule has 1 aromatic rings. The number of hydrogen-bond acceptors (Lipinski definition) is 3. The quantitative estimate of drug-likeness (QED) is 0.838. The lowest BCUT2D eigenvalue weighted by Gasteiger charge is -2.27. The van der Waals surface area contributed by atoms with Gasteiger partial charge in [0.25, 0.3) is 0 Å².